The number of thiazole rings is 1. The predicted octanol–water partition coefficient (Wildman–Crippen LogP) is 4.82. The standard InChI is InChI=1S/C22H26FN3O2S/c1-15(2)28-17-11-9-16(10-12-17)21(27)26(14-6-13-25(3)4)22-24-20-18(23)7-5-8-19(20)29-22/h5,7-12,15H,6,13-14H2,1-4H3. The van der Waals surface area contributed by atoms with Crippen molar-refractivity contribution >= 4 is 32.6 Å². The zero-order valence-corrected chi connectivity index (χ0v) is 18.0. The highest BCUT2D eigenvalue weighted by molar-refractivity contribution is 7.22. The fourth-order valence-electron chi connectivity index (χ4n) is 2.95. The fraction of sp³-hybridized carbons (Fsp3) is 0.364. The molecule has 7 heteroatoms. The van der Waals surface area contributed by atoms with Gasteiger partial charge >= 0.3 is 0 Å². The first-order chi connectivity index (χ1) is 13.8. The van der Waals surface area contributed by atoms with Crippen molar-refractivity contribution in [1.29, 1.82) is 0 Å². The van der Waals surface area contributed by atoms with Crippen LogP contribution in [0.1, 0.15) is 30.6 Å². The molecule has 0 unspecified atom stereocenters. The summed E-state index contributed by atoms with van der Waals surface area (Å²) in [5.74, 6) is 0.193. The summed E-state index contributed by atoms with van der Waals surface area (Å²) in [7, 11) is 3.99. The molecule has 3 aromatic rings. The van der Waals surface area contributed by atoms with Crippen LogP contribution in [0, 0.1) is 5.82 Å². The normalized spacial score (nSPS) is 11.4. The molecule has 0 aliphatic rings. The molecule has 29 heavy (non-hydrogen) atoms. The number of anilines is 1. The number of hydrogen-bond acceptors (Lipinski definition) is 5. The minimum Gasteiger partial charge on any atom is -0.491 e. The highest BCUT2D eigenvalue weighted by Gasteiger charge is 2.22. The van der Waals surface area contributed by atoms with E-state index in [2.05, 4.69) is 9.88 Å². The van der Waals surface area contributed by atoms with Crippen LogP contribution >= 0.6 is 11.3 Å². The number of amides is 1. The van der Waals surface area contributed by atoms with Crippen LogP contribution < -0.4 is 9.64 Å². The molecule has 2 aromatic carbocycles. The number of benzene rings is 2. The predicted molar refractivity (Wildman–Crippen MR) is 117 cm³/mol. The first-order valence-electron chi connectivity index (χ1n) is 9.63. The molecule has 1 aromatic heterocycles. The van der Waals surface area contributed by atoms with Crippen molar-refractivity contribution in [3.05, 3.63) is 53.8 Å². The van der Waals surface area contributed by atoms with E-state index in [-0.39, 0.29) is 17.8 Å². The third kappa shape index (κ3) is 5.31. The lowest BCUT2D eigenvalue weighted by Gasteiger charge is -2.21. The van der Waals surface area contributed by atoms with Crippen molar-refractivity contribution in [3.8, 4) is 5.75 Å². The zero-order valence-electron chi connectivity index (χ0n) is 17.2. The molecule has 5 nitrogen and oxygen atoms in total. The summed E-state index contributed by atoms with van der Waals surface area (Å²) in [5.41, 5.74) is 0.851. The largest absolute Gasteiger partial charge is 0.491 e. The third-order valence-electron chi connectivity index (χ3n) is 4.29. The maximum absolute atomic E-state index is 14.1. The van der Waals surface area contributed by atoms with Crippen molar-refractivity contribution in [2.24, 2.45) is 0 Å². The monoisotopic (exact) mass is 415 g/mol. The van der Waals surface area contributed by atoms with E-state index in [1.807, 2.05) is 34.0 Å². The van der Waals surface area contributed by atoms with Gasteiger partial charge in [-0.1, -0.05) is 17.4 Å². The summed E-state index contributed by atoms with van der Waals surface area (Å²) in [5, 5.41) is 0.511. The molecule has 0 fully saturated rings. The Kier molecular flexibility index (Phi) is 6.82. The first kappa shape index (κ1) is 21.2. The summed E-state index contributed by atoms with van der Waals surface area (Å²) in [6.07, 6.45) is 0.850. The van der Waals surface area contributed by atoms with E-state index in [0.717, 1.165) is 23.4 Å². The van der Waals surface area contributed by atoms with Gasteiger partial charge in [-0.05, 0) is 77.3 Å². The molecule has 3 rings (SSSR count). The highest BCUT2D eigenvalue weighted by atomic mass is 32.1. The van der Waals surface area contributed by atoms with Gasteiger partial charge in [-0.15, -0.1) is 0 Å². The Morgan fingerprint density at radius 1 is 1.14 bits per heavy atom. The minimum absolute atomic E-state index is 0.0664. The Balaban J connectivity index is 1.89. The van der Waals surface area contributed by atoms with E-state index in [0.29, 0.717) is 22.8 Å². The van der Waals surface area contributed by atoms with Crippen LogP contribution in [0.15, 0.2) is 42.5 Å². The Morgan fingerprint density at radius 3 is 2.48 bits per heavy atom. The van der Waals surface area contributed by atoms with E-state index in [4.69, 9.17) is 4.74 Å². The van der Waals surface area contributed by atoms with E-state index in [9.17, 15) is 9.18 Å². The van der Waals surface area contributed by atoms with Crippen molar-refractivity contribution < 1.29 is 13.9 Å². The number of fused-ring (bicyclic) bond motifs is 1. The molecule has 154 valence electrons. The van der Waals surface area contributed by atoms with E-state index in [1.165, 1.54) is 17.4 Å². The molecule has 0 saturated heterocycles. The van der Waals surface area contributed by atoms with Gasteiger partial charge in [-0.25, -0.2) is 9.37 Å². The van der Waals surface area contributed by atoms with Gasteiger partial charge in [0.15, 0.2) is 5.13 Å². The van der Waals surface area contributed by atoms with E-state index in [1.54, 1.807) is 35.2 Å². The number of nitrogens with zero attached hydrogens (tertiary/aromatic N) is 3. The molecular weight excluding hydrogens is 389 g/mol. The average molecular weight is 416 g/mol. The second kappa shape index (κ2) is 9.33. The van der Waals surface area contributed by atoms with Crippen molar-refractivity contribution in [1.82, 2.24) is 9.88 Å². The van der Waals surface area contributed by atoms with Crippen LogP contribution in [0.5, 0.6) is 5.75 Å². The highest BCUT2D eigenvalue weighted by Crippen LogP contribution is 2.31. The molecule has 0 N–H and O–H groups in total. The summed E-state index contributed by atoms with van der Waals surface area (Å²) in [6, 6.07) is 12.0. The zero-order chi connectivity index (χ0) is 21.0. The summed E-state index contributed by atoms with van der Waals surface area (Å²) >= 11 is 1.33. The molecule has 0 spiro atoms. The van der Waals surface area contributed by atoms with Crippen molar-refractivity contribution in [2.75, 3.05) is 32.1 Å². The lowest BCUT2D eigenvalue weighted by atomic mass is 10.2. The van der Waals surface area contributed by atoms with Crippen LogP contribution in [-0.4, -0.2) is 49.1 Å². The second-order valence-corrected chi connectivity index (χ2v) is 8.40. The Morgan fingerprint density at radius 2 is 1.86 bits per heavy atom. The molecule has 0 saturated carbocycles. The van der Waals surface area contributed by atoms with Gasteiger partial charge in [-0.2, -0.15) is 0 Å². The van der Waals surface area contributed by atoms with Crippen LogP contribution in [-0.2, 0) is 0 Å². The number of ether oxygens (including phenoxy) is 1. The molecule has 1 amide bonds. The molecule has 0 radical (unpaired) electrons. The number of halogens is 1. The number of carbonyl (C=O) groups is 1. The maximum atomic E-state index is 14.1. The van der Waals surface area contributed by atoms with Gasteiger partial charge in [0.1, 0.15) is 17.1 Å². The smallest absolute Gasteiger partial charge is 0.260 e. The quantitative estimate of drug-likeness (QED) is 0.529. The third-order valence-corrected chi connectivity index (χ3v) is 5.34. The van der Waals surface area contributed by atoms with Gasteiger partial charge in [0.05, 0.1) is 10.8 Å². The molecule has 0 aliphatic heterocycles. The molecular formula is C22H26FN3O2S. The van der Waals surface area contributed by atoms with Crippen LogP contribution in [0.4, 0.5) is 9.52 Å². The number of carbonyl (C=O) groups excluding carboxylic acids is 1. The summed E-state index contributed by atoms with van der Waals surface area (Å²) in [6.45, 7) is 5.25. The molecule has 0 atom stereocenters. The molecule has 0 aliphatic carbocycles. The van der Waals surface area contributed by atoms with Gasteiger partial charge < -0.3 is 9.64 Å². The Hall–Kier alpha value is -2.51. The van der Waals surface area contributed by atoms with Crippen LogP contribution in [0.2, 0.25) is 0 Å². The first-order valence-corrected chi connectivity index (χ1v) is 10.4. The maximum Gasteiger partial charge on any atom is 0.260 e. The minimum atomic E-state index is -0.374. The number of rotatable bonds is 8. The number of hydrogen-bond donors (Lipinski definition) is 0. The van der Waals surface area contributed by atoms with Gasteiger partial charge in [0.25, 0.3) is 5.91 Å². The fourth-order valence-corrected chi connectivity index (χ4v) is 3.96. The van der Waals surface area contributed by atoms with Gasteiger partial charge in [0, 0.05) is 12.1 Å². The molecule has 1 heterocycles. The summed E-state index contributed by atoms with van der Waals surface area (Å²) < 4.78 is 20.5. The second-order valence-electron chi connectivity index (χ2n) is 7.39. The van der Waals surface area contributed by atoms with E-state index >= 15 is 0 Å². The van der Waals surface area contributed by atoms with Crippen LogP contribution in [0.25, 0.3) is 10.2 Å². The van der Waals surface area contributed by atoms with Crippen molar-refractivity contribution in [2.45, 2.75) is 26.4 Å². The number of aromatic nitrogens is 1. The molecule has 0 bridgehead atoms. The van der Waals surface area contributed by atoms with Gasteiger partial charge in [0.2, 0.25) is 0 Å². The Bertz CT molecular complexity index is 970. The average Bonchev–Trinajstić information content (AvgIpc) is 3.10. The topological polar surface area (TPSA) is 45.7 Å². The lowest BCUT2D eigenvalue weighted by molar-refractivity contribution is 0.0986. The Labute approximate surface area is 174 Å². The van der Waals surface area contributed by atoms with Crippen molar-refractivity contribution in [3.63, 3.8) is 0 Å². The summed E-state index contributed by atoms with van der Waals surface area (Å²) in [4.78, 5) is 21.4. The van der Waals surface area contributed by atoms with E-state index < -0.39 is 0 Å². The van der Waals surface area contributed by atoms with Gasteiger partial charge in [-0.3, -0.25) is 9.69 Å². The SMILES string of the molecule is CC(C)Oc1ccc(C(=O)N(CCCN(C)C)c2nc3c(F)cccc3s2)cc1. The lowest BCUT2D eigenvalue weighted by Crippen LogP contribution is -2.33. The van der Waals surface area contributed by atoms with Crippen LogP contribution in [0.3, 0.4) is 0 Å². The number of para-hydroxylation sites is 1.